The molecular formula is C25H36O3S2. The maximum atomic E-state index is 12.2. The predicted molar refractivity (Wildman–Crippen MR) is 129 cm³/mol. The van der Waals surface area contributed by atoms with Crippen LogP contribution in [-0.4, -0.2) is 22.9 Å². The van der Waals surface area contributed by atoms with Crippen LogP contribution in [0.2, 0.25) is 0 Å². The number of Topliss-reactive ketones (excluding diaryl/α,β-unsaturated/α-hetero) is 1. The molecule has 0 aliphatic rings. The summed E-state index contributed by atoms with van der Waals surface area (Å²) in [5.74, 6) is 1.48. The van der Waals surface area contributed by atoms with Crippen molar-refractivity contribution < 1.29 is 13.7 Å². The van der Waals surface area contributed by atoms with E-state index in [1.165, 1.54) is 20.9 Å². The van der Waals surface area contributed by atoms with Gasteiger partial charge in [-0.25, -0.2) is 0 Å². The molecule has 0 N–H and O–H groups in total. The van der Waals surface area contributed by atoms with Crippen molar-refractivity contribution in [3.8, 4) is 5.75 Å². The summed E-state index contributed by atoms with van der Waals surface area (Å²) >= 11 is 1.80. The number of thiophene rings is 1. The van der Waals surface area contributed by atoms with Gasteiger partial charge in [0.1, 0.15) is 12.4 Å². The third kappa shape index (κ3) is 5.42. The smallest absolute Gasteiger partial charge is 0.175 e. The molecule has 1 heterocycles. The first kappa shape index (κ1) is 24.8. The second-order valence-corrected chi connectivity index (χ2v) is 11.7. The van der Waals surface area contributed by atoms with Gasteiger partial charge in [-0.05, 0) is 55.5 Å². The Hall–Kier alpha value is -1.46. The van der Waals surface area contributed by atoms with Gasteiger partial charge < -0.3 is 4.74 Å². The number of hydrogen-bond acceptors (Lipinski definition) is 4. The van der Waals surface area contributed by atoms with Crippen LogP contribution in [0.1, 0.15) is 73.9 Å². The third-order valence-corrected chi connectivity index (χ3v) is 8.28. The van der Waals surface area contributed by atoms with Crippen molar-refractivity contribution in [1.29, 1.82) is 0 Å². The van der Waals surface area contributed by atoms with Crippen LogP contribution >= 0.6 is 11.3 Å². The fourth-order valence-corrected chi connectivity index (χ4v) is 6.35. The van der Waals surface area contributed by atoms with Gasteiger partial charge >= 0.3 is 0 Å². The van der Waals surface area contributed by atoms with Crippen LogP contribution in [0.15, 0.2) is 24.3 Å². The molecule has 1 aromatic carbocycles. The predicted octanol–water partition coefficient (Wildman–Crippen LogP) is 6.34. The van der Waals surface area contributed by atoms with Gasteiger partial charge in [0.2, 0.25) is 0 Å². The minimum atomic E-state index is -0.842. The highest BCUT2D eigenvalue weighted by molar-refractivity contribution is 7.83. The average molecular weight is 449 g/mol. The summed E-state index contributed by atoms with van der Waals surface area (Å²) in [5.41, 5.74) is 3.07. The number of benzene rings is 1. The number of rotatable bonds is 9. The van der Waals surface area contributed by atoms with E-state index >= 15 is 0 Å². The fourth-order valence-electron chi connectivity index (χ4n) is 3.70. The normalized spacial score (nSPS) is 13.3. The summed E-state index contributed by atoms with van der Waals surface area (Å²) in [6.45, 7) is 14.5. The molecule has 0 aliphatic carbocycles. The van der Waals surface area contributed by atoms with Gasteiger partial charge in [0.25, 0.3) is 0 Å². The highest BCUT2D eigenvalue weighted by Gasteiger charge is 2.33. The summed E-state index contributed by atoms with van der Waals surface area (Å²) in [6.07, 6.45) is 3.73. The zero-order valence-corrected chi connectivity index (χ0v) is 21.3. The Labute approximate surface area is 188 Å². The highest BCUT2D eigenvalue weighted by Crippen LogP contribution is 2.44. The molecule has 5 heteroatoms. The first-order valence-corrected chi connectivity index (χ1v) is 13.2. The van der Waals surface area contributed by atoms with Gasteiger partial charge in [0, 0.05) is 37.6 Å². The Balaban J connectivity index is 2.37. The quantitative estimate of drug-likeness (QED) is 0.449. The molecule has 0 spiro atoms. The third-order valence-electron chi connectivity index (χ3n) is 5.96. The minimum Gasteiger partial charge on any atom is -0.486 e. The Morgan fingerprint density at radius 3 is 2.20 bits per heavy atom. The molecule has 3 nitrogen and oxygen atoms in total. The van der Waals surface area contributed by atoms with Crippen molar-refractivity contribution in [2.24, 2.45) is 5.41 Å². The Bertz CT molecular complexity index is 915. The van der Waals surface area contributed by atoms with E-state index in [9.17, 15) is 9.00 Å². The Morgan fingerprint density at radius 2 is 1.70 bits per heavy atom. The van der Waals surface area contributed by atoms with E-state index in [-0.39, 0.29) is 17.8 Å². The Kier molecular flexibility index (Phi) is 8.09. The summed E-state index contributed by atoms with van der Waals surface area (Å²) in [4.78, 5) is 14.8. The van der Waals surface area contributed by atoms with Gasteiger partial charge in [0.15, 0.2) is 5.78 Å². The van der Waals surface area contributed by atoms with Crippen LogP contribution in [-0.2, 0) is 26.8 Å². The van der Waals surface area contributed by atoms with Crippen molar-refractivity contribution in [3.05, 3.63) is 50.7 Å². The first-order valence-electron chi connectivity index (χ1n) is 10.6. The first-order chi connectivity index (χ1) is 13.9. The highest BCUT2D eigenvalue weighted by atomic mass is 32.2. The maximum absolute atomic E-state index is 12.2. The van der Waals surface area contributed by atoms with E-state index in [0.29, 0.717) is 5.75 Å². The van der Waals surface area contributed by atoms with E-state index in [1.54, 1.807) is 17.6 Å². The van der Waals surface area contributed by atoms with Crippen LogP contribution in [0.3, 0.4) is 0 Å². The lowest BCUT2D eigenvalue weighted by Gasteiger charge is -2.32. The fraction of sp³-hybridized carbons (Fsp3) is 0.560. The number of aryl methyl sites for hydroxylation is 2. The molecule has 2 aromatic rings. The van der Waals surface area contributed by atoms with E-state index in [0.717, 1.165) is 24.2 Å². The van der Waals surface area contributed by atoms with Crippen LogP contribution in [0.5, 0.6) is 5.75 Å². The maximum Gasteiger partial charge on any atom is 0.175 e. The summed E-state index contributed by atoms with van der Waals surface area (Å²) in [5, 5.41) is 0. The van der Waals surface area contributed by atoms with Gasteiger partial charge in [0.05, 0.1) is 5.75 Å². The van der Waals surface area contributed by atoms with Crippen molar-refractivity contribution >= 4 is 27.9 Å². The van der Waals surface area contributed by atoms with Crippen LogP contribution < -0.4 is 4.74 Å². The molecule has 0 saturated heterocycles. The molecule has 0 amide bonds. The monoisotopic (exact) mass is 448 g/mol. The topological polar surface area (TPSA) is 43.4 Å². The number of carbonyl (C=O) groups excluding carboxylic acids is 1. The van der Waals surface area contributed by atoms with Gasteiger partial charge in [-0.15, -0.1) is 11.3 Å². The number of ether oxygens (including phenoxy) is 1. The largest absolute Gasteiger partial charge is 0.486 e. The van der Waals surface area contributed by atoms with E-state index < -0.39 is 16.2 Å². The average Bonchev–Trinajstić information content (AvgIpc) is 3.01. The van der Waals surface area contributed by atoms with Gasteiger partial charge in [-0.2, -0.15) is 0 Å². The van der Waals surface area contributed by atoms with Crippen molar-refractivity contribution in [2.75, 3.05) is 12.9 Å². The summed E-state index contributed by atoms with van der Waals surface area (Å²) in [6, 6.07) is 8.63. The van der Waals surface area contributed by atoms with Crippen LogP contribution in [0.4, 0.5) is 0 Å². The minimum absolute atomic E-state index is 0.0760. The van der Waals surface area contributed by atoms with Crippen LogP contribution in [0.25, 0.3) is 0 Å². The molecule has 1 unspecified atom stereocenters. The number of hydrogen-bond donors (Lipinski definition) is 0. The molecule has 166 valence electrons. The molecule has 2 rings (SSSR count). The van der Waals surface area contributed by atoms with Gasteiger partial charge in [-0.1, -0.05) is 46.8 Å². The van der Waals surface area contributed by atoms with Crippen molar-refractivity contribution in [2.45, 2.75) is 72.5 Å². The van der Waals surface area contributed by atoms with E-state index in [1.807, 2.05) is 33.8 Å². The molecule has 0 radical (unpaired) electrons. The number of carbonyl (C=O) groups is 1. The second-order valence-electron chi connectivity index (χ2n) is 9.17. The zero-order valence-electron chi connectivity index (χ0n) is 19.7. The summed E-state index contributed by atoms with van der Waals surface area (Å²) < 4.78 is 17.6. The number of ketones is 1. The van der Waals surface area contributed by atoms with Gasteiger partial charge in [-0.3, -0.25) is 9.00 Å². The molecule has 0 bridgehead atoms. The van der Waals surface area contributed by atoms with E-state index in [4.69, 9.17) is 4.74 Å². The zero-order chi connectivity index (χ0) is 22.7. The molecule has 1 aromatic heterocycles. The molecule has 0 fully saturated rings. The molecule has 1 atom stereocenters. The lowest BCUT2D eigenvalue weighted by atomic mass is 9.74. The lowest BCUT2D eigenvalue weighted by molar-refractivity contribution is -0.128. The molecular weight excluding hydrogens is 412 g/mol. The SMILES string of the molecule is CCC(CC)(c1ccc(OCC(=O)C(C)(C)C)c(C)c1)c1cc(C)c(CS(C)=O)s1. The second kappa shape index (κ2) is 9.78. The molecule has 0 saturated carbocycles. The Morgan fingerprint density at radius 1 is 1.07 bits per heavy atom. The van der Waals surface area contributed by atoms with Crippen LogP contribution in [0, 0.1) is 19.3 Å². The molecule has 30 heavy (non-hydrogen) atoms. The lowest BCUT2D eigenvalue weighted by Crippen LogP contribution is -2.27. The van der Waals surface area contributed by atoms with Crippen molar-refractivity contribution in [3.63, 3.8) is 0 Å². The van der Waals surface area contributed by atoms with E-state index in [2.05, 4.69) is 39.0 Å². The molecule has 0 aliphatic heterocycles. The summed E-state index contributed by atoms with van der Waals surface area (Å²) in [7, 11) is -0.842. The standard InChI is InChI=1S/C25H36O3S2/c1-9-25(10-2,23-14-18(4)21(29-23)16-30(8)27)19-11-12-20(17(3)13-19)28-15-22(26)24(5,6)7/h11-14H,9-10,15-16H2,1-8H3. The van der Waals surface area contributed by atoms with Crippen molar-refractivity contribution in [1.82, 2.24) is 0 Å².